The quantitative estimate of drug-likeness (QED) is 0.817. The fourth-order valence-electron chi connectivity index (χ4n) is 2.19. The van der Waals surface area contributed by atoms with Crippen molar-refractivity contribution < 1.29 is 14.3 Å². The first-order valence-electron chi connectivity index (χ1n) is 7.45. The third kappa shape index (κ3) is 4.83. The number of ether oxygens (including phenoxy) is 1. The smallest absolute Gasteiger partial charge is 0.409 e. The summed E-state index contributed by atoms with van der Waals surface area (Å²) in [5.74, 6) is 0. The Morgan fingerprint density at radius 1 is 1.50 bits per heavy atom. The Hall–Kier alpha value is -2.34. The van der Waals surface area contributed by atoms with Gasteiger partial charge in [0, 0.05) is 30.6 Å². The molecule has 1 aromatic heterocycles. The number of hydrogen-bond acceptors (Lipinski definition) is 5. The lowest BCUT2D eigenvalue weighted by Gasteiger charge is -2.35. The number of pyridine rings is 1. The predicted molar refractivity (Wildman–Crippen MR) is 91.5 cm³/mol. The molecule has 7 heteroatoms. The number of allylic oxidation sites excluding steroid dienone is 2. The van der Waals surface area contributed by atoms with Gasteiger partial charge in [0.05, 0.1) is 5.02 Å². The van der Waals surface area contributed by atoms with E-state index in [0.29, 0.717) is 17.0 Å². The first kappa shape index (κ1) is 18.0. The third-order valence-corrected chi connectivity index (χ3v) is 3.58. The second-order valence-electron chi connectivity index (χ2n) is 6.48. The topological polar surface area (TPSA) is 80.3 Å². The van der Waals surface area contributed by atoms with Crippen LogP contribution in [-0.4, -0.2) is 28.6 Å². The van der Waals surface area contributed by atoms with Crippen LogP contribution in [0.1, 0.15) is 26.3 Å². The number of nitrogens with zero attached hydrogens (tertiary/aromatic N) is 1. The number of rotatable bonds is 4. The number of carbonyl (C=O) groups excluding carboxylic acids is 2. The fourth-order valence-corrected chi connectivity index (χ4v) is 2.37. The minimum absolute atomic E-state index is 0.354. The van der Waals surface area contributed by atoms with Gasteiger partial charge < -0.3 is 10.1 Å². The van der Waals surface area contributed by atoms with Crippen molar-refractivity contribution in [1.82, 2.24) is 15.6 Å². The third-order valence-electron chi connectivity index (χ3n) is 3.24. The predicted octanol–water partition coefficient (Wildman–Crippen LogP) is 2.74. The zero-order valence-electron chi connectivity index (χ0n) is 13.8. The highest BCUT2D eigenvalue weighted by molar-refractivity contribution is 6.31. The number of carbonyl (C=O) groups is 2. The number of nitrogens with one attached hydrogen (secondary N) is 2. The Kier molecular flexibility index (Phi) is 5.29. The van der Waals surface area contributed by atoms with Crippen LogP contribution in [0.4, 0.5) is 4.79 Å². The number of hydrogen-bond donors (Lipinski definition) is 2. The molecule has 2 N–H and O–H groups in total. The van der Waals surface area contributed by atoms with Gasteiger partial charge in [-0.05, 0) is 38.5 Å². The molecule has 0 spiro atoms. The van der Waals surface area contributed by atoms with Crippen molar-refractivity contribution in [2.24, 2.45) is 0 Å². The van der Waals surface area contributed by atoms with Crippen molar-refractivity contribution >= 4 is 24.0 Å². The Balaban J connectivity index is 2.25. The van der Waals surface area contributed by atoms with Crippen molar-refractivity contribution in [3.05, 3.63) is 53.0 Å². The Morgan fingerprint density at radius 2 is 2.25 bits per heavy atom. The minimum atomic E-state index is -0.958. The largest absolute Gasteiger partial charge is 0.444 e. The Labute approximate surface area is 145 Å². The summed E-state index contributed by atoms with van der Waals surface area (Å²) in [6, 6.07) is 1.77. The SMILES string of the molecule is CC(C)(C)OC(=O)NC1(Cc2ccncc2Cl)C=CC(C=O)=CN1. The van der Waals surface area contributed by atoms with Gasteiger partial charge >= 0.3 is 6.09 Å². The van der Waals surface area contributed by atoms with E-state index >= 15 is 0 Å². The second kappa shape index (κ2) is 7.05. The van der Waals surface area contributed by atoms with Crippen LogP contribution in [0.5, 0.6) is 0 Å². The molecule has 0 saturated carbocycles. The summed E-state index contributed by atoms with van der Waals surface area (Å²) in [6.07, 6.45) is 8.55. The van der Waals surface area contributed by atoms with E-state index < -0.39 is 17.4 Å². The maximum atomic E-state index is 12.2. The summed E-state index contributed by atoms with van der Waals surface area (Å²) in [5.41, 5.74) is -0.318. The van der Waals surface area contributed by atoms with Gasteiger partial charge in [0.1, 0.15) is 11.3 Å². The molecule has 0 bridgehead atoms. The van der Waals surface area contributed by atoms with Gasteiger partial charge in [-0.2, -0.15) is 0 Å². The van der Waals surface area contributed by atoms with E-state index in [1.165, 1.54) is 6.20 Å². The Morgan fingerprint density at radius 3 is 2.79 bits per heavy atom. The highest BCUT2D eigenvalue weighted by Gasteiger charge is 2.33. The number of dihydropyridines is 1. The molecule has 1 unspecified atom stereocenters. The Bertz CT molecular complexity index is 695. The maximum Gasteiger partial charge on any atom is 0.409 e. The molecule has 1 amide bonds. The molecule has 1 aliphatic rings. The molecule has 2 heterocycles. The molecular formula is C17H20ClN3O3. The van der Waals surface area contributed by atoms with E-state index in [9.17, 15) is 9.59 Å². The summed E-state index contributed by atoms with van der Waals surface area (Å²) in [4.78, 5) is 27.1. The van der Waals surface area contributed by atoms with Crippen molar-refractivity contribution in [3.8, 4) is 0 Å². The van der Waals surface area contributed by atoms with Crippen LogP contribution in [0.2, 0.25) is 5.02 Å². The van der Waals surface area contributed by atoms with Crippen molar-refractivity contribution in [1.29, 1.82) is 0 Å². The molecule has 0 saturated heterocycles. The average Bonchev–Trinajstić information content (AvgIpc) is 2.48. The number of alkyl carbamates (subject to hydrolysis) is 1. The summed E-state index contributed by atoms with van der Waals surface area (Å²) in [6.45, 7) is 5.36. The molecule has 1 atom stereocenters. The standard InChI is InChI=1S/C17H20ClN3O3/c1-16(2,3)24-15(23)21-17(6-4-12(11-22)9-20-17)8-13-5-7-19-10-14(13)18/h4-7,9-11,20H,8H2,1-3H3,(H,21,23). The first-order chi connectivity index (χ1) is 11.2. The van der Waals surface area contributed by atoms with Gasteiger partial charge in [-0.3, -0.25) is 15.1 Å². The van der Waals surface area contributed by atoms with Crippen molar-refractivity contribution in [2.45, 2.75) is 38.5 Å². The molecule has 1 aromatic rings. The highest BCUT2D eigenvalue weighted by Crippen LogP contribution is 2.23. The van der Waals surface area contributed by atoms with E-state index in [4.69, 9.17) is 16.3 Å². The zero-order valence-corrected chi connectivity index (χ0v) is 14.6. The summed E-state index contributed by atoms with van der Waals surface area (Å²) in [7, 11) is 0. The molecule has 128 valence electrons. The second-order valence-corrected chi connectivity index (χ2v) is 6.89. The minimum Gasteiger partial charge on any atom is -0.444 e. The number of halogens is 1. The lowest BCUT2D eigenvalue weighted by atomic mass is 9.96. The van der Waals surface area contributed by atoms with E-state index in [-0.39, 0.29) is 0 Å². The molecule has 0 fully saturated rings. The van der Waals surface area contributed by atoms with Crippen molar-refractivity contribution in [2.75, 3.05) is 0 Å². The van der Waals surface area contributed by atoms with Crippen LogP contribution in [0, 0.1) is 0 Å². The van der Waals surface area contributed by atoms with E-state index in [2.05, 4.69) is 15.6 Å². The van der Waals surface area contributed by atoms with Crippen molar-refractivity contribution in [3.63, 3.8) is 0 Å². The summed E-state index contributed by atoms with van der Waals surface area (Å²) in [5, 5.41) is 6.35. The molecule has 24 heavy (non-hydrogen) atoms. The normalized spacial score (nSPS) is 19.9. The van der Waals surface area contributed by atoms with Gasteiger partial charge in [-0.1, -0.05) is 17.7 Å². The van der Waals surface area contributed by atoms with Crippen LogP contribution < -0.4 is 10.6 Å². The molecule has 2 rings (SSSR count). The summed E-state index contributed by atoms with van der Waals surface area (Å²) >= 11 is 6.17. The maximum absolute atomic E-state index is 12.2. The van der Waals surface area contributed by atoms with E-state index in [0.717, 1.165) is 11.8 Å². The van der Waals surface area contributed by atoms with E-state index in [1.807, 2.05) is 0 Å². The molecule has 0 radical (unpaired) electrons. The first-order valence-corrected chi connectivity index (χ1v) is 7.83. The summed E-state index contributed by atoms with van der Waals surface area (Å²) < 4.78 is 5.33. The van der Waals surface area contributed by atoms with Gasteiger partial charge in [0.15, 0.2) is 6.29 Å². The highest BCUT2D eigenvalue weighted by atomic mass is 35.5. The zero-order chi connectivity index (χ0) is 17.8. The van der Waals surface area contributed by atoms with Crippen LogP contribution in [0.25, 0.3) is 0 Å². The number of aldehydes is 1. The lowest BCUT2D eigenvalue weighted by molar-refractivity contribution is -0.104. The lowest BCUT2D eigenvalue weighted by Crippen LogP contribution is -2.59. The van der Waals surface area contributed by atoms with Crippen LogP contribution in [0.15, 0.2) is 42.4 Å². The number of amides is 1. The van der Waals surface area contributed by atoms with Crippen LogP contribution >= 0.6 is 11.6 Å². The molecular weight excluding hydrogens is 330 g/mol. The average molecular weight is 350 g/mol. The molecule has 0 aromatic carbocycles. The van der Waals surface area contributed by atoms with Crippen LogP contribution in [-0.2, 0) is 16.0 Å². The molecule has 0 aliphatic carbocycles. The monoisotopic (exact) mass is 349 g/mol. The molecule has 1 aliphatic heterocycles. The molecule has 6 nitrogen and oxygen atoms in total. The van der Waals surface area contributed by atoms with Gasteiger partial charge in [0.2, 0.25) is 0 Å². The van der Waals surface area contributed by atoms with Gasteiger partial charge in [0.25, 0.3) is 0 Å². The van der Waals surface area contributed by atoms with Gasteiger partial charge in [-0.15, -0.1) is 0 Å². The van der Waals surface area contributed by atoms with Gasteiger partial charge in [-0.25, -0.2) is 4.79 Å². The van der Waals surface area contributed by atoms with Crippen LogP contribution in [0.3, 0.4) is 0 Å². The number of aromatic nitrogens is 1. The fraction of sp³-hybridized carbons (Fsp3) is 0.353. The van der Waals surface area contributed by atoms with E-state index in [1.54, 1.807) is 51.4 Å².